The van der Waals surface area contributed by atoms with Gasteiger partial charge < -0.3 is 10.6 Å². The normalized spacial score (nSPS) is 11.5. The molecule has 0 aliphatic heterocycles. The van der Waals surface area contributed by atoms with Gasteiger partial charge in [0, 0.05) is 29.0 Å². The first-order valence-electron chi connectivity index (χ1n) is 11.9. The van der Waals surface area contributed by atoms with E-state index in [1.165, 1.54) is 0 Å². The van der Waals surface area contributed by atoms with Crippen LogP contribution in [0.25, 0.3) is 0 Å². The van der Waals surface area contributed by atoms with Gasteiger partial charge in [0.15, 0.2) is 0 Å². The molecule has 0 spiro atoms. The highest BCUT2D eigenvalue weighted by molar-refractivity contribution is 5.95. The van der Waals surface area contributed by atoms with Gasteiger partial charge >= 0.3 is 0 Å². The van der Waals surface area contributed by atoms with Crippen LogP contribution in [0.2, 0.25) is 0 Å². The van der Waals surface area contributed by atoms with Crippen LogP contribution in [0.3, 0.4) is 0 Å². The van der Waals surface area contributed by atoms with Crippen LogP contribution in [0.4, 0.5) is 11.4 Å². The standard InChI is InChI=1S/C28H34N6O/c1-20(2)32-26-12-8-22(9-13-26)17-29-30-18-23-6-5-7-24(16-23)19-31-34-28(35)25-10-14-27(15-11-25)33-21(3)4/h5-16,19-21,32-33H,17-18H2,1-4H3,(H,34,35)/b30-29?,31-19-. The van der Waals surface area contributed by atoms with Crippen molar-refractivity contribution in [2.45, 2.75) is 52.9 Å². The summed E-state index contributed by atoms with van der Waals surface area (Å²) in [6.07, 6.45) is 1.62. The molecule has 0 aliphatic carbocycles. The zero-order valence-corrected chi connectivity index (χ0v) is 20.8. The molecule has 7 heteroatoms. The maximum absolute atomic E-state index is 12.3. The number of hydrogen-bond donors (Lipinski definition) is 3. The van der Waals surface area contributed by atoms with Crippen LogP contribution < -0.4 is 16.1 Å². The van der Waals surface area contributed by atoms with Gasteiger partial charge in [-0.05, 0) is 86.8 Å². The number of rotatable bonds is 11. The zero-order valence-electron chi connectivity index (χ0n) is 20.8. The van der Waals surface area contributed by atoms with Gasteiger partial charge in [-0.15, -0.1) is 0 Å². The second kappa shape index (κ2) is 13.0. The average Bonchev–Trinajstić information content (AvgIpc) is 2.83. The van der Waals surface area contributed by atoms with E-state index >= 15 is 0 Å². The SMILES string of the molecule is CC(C)Nc1ccc(CN=NCc2cccc(/C=N\NC(=O)c3ccc(NC(C)C)cc3)c2)cc1. The van der Waals surface area contributed by atoms with E-state index in [-0.39, 0.29) is 5.91 Å². The predicted octanol–water partition coefficient (Wildman–Crippen LogP) is 6.24. The molecule has 7 nitrogen and oxygen atoms in total. The Morgan fingerprint density at radius 3 is 1.94 bits per heavy atom. The Hall–Kier alpha value is -4.00. The smallest absolute Gasteiger partial charge is 0.271 e. The second-order valence-corrected chi connectivity index (χ2v) is 8.92. The van der Waals surface area contributed by atoms with Crippen molar-refractivity contribution in [2.24, 2.45) is 15.3 Å². The lowest BCUT2D eigenvalue weighted by Gasteiger charge is -2.09. The highest BCUT2D eigenvalue weighted by Crippen LogP contribution is 2.13. The van der Waals surface area contributed by atoms with Crippen molar-refractivity contribution in [3.05, 3.63) is 95.1 Å². The topological polar surface area (TPSA) is 90.2 Å². The zero-order chi connectivity index (χ0) is 25.0. The van der Waals surface area contributed by atoms with Crippen LogP contribution in [-0.2, 0) is 13.1 Å². The first-order chi connectivity index (χ1) is 16.9. The molecular formula is C28H34N6O. The number of carbonyl (C=O) groups excluding carboxylic acids is 1. The molecule has 1 amide bonds. The number of carbonyl (C=O) groups is 1. The summed E-state index contributed by atoms with van der Waals surface area (Å²) in [6.45, 7) is 9.40. The molecular weight excluding hydrogens is 436 g/mol. The number of nitrogens with zero attached hydrogens (tertiary/aromatic N) is 3. The molecule has 35 heavy (non-hydrogen) atoms. The van der Waals surface area contributed by atoms with Crippen LogP contribution in [0, 0.1) is 0 Å². The molecule has 0 aliphatic rings. The summed E-state index contributed by atoms with van der Waals surface area (Å²) in [5.41, 5.74) is 8.22. The minimum atomic E-state index is -0.254. The minimum absolute atomic E-state index is 0.254. The molecule has 0 atom stereocenters. The van der Waals surface area contributed by atoms with Crippen molar-refractivity contribution in [1.82, 2.24) is 5.43 Å². The summed E-state index contributed by atoms with van der Waals surface area (Å²) in [4.78, 5) is 12.3. The summed E-state index contributed by atoms with van der Waals surface area (Å²) in [5.74, 6) is -0.254. The number of amides is 1. The maximum atomic E-state index is 12.3. The van der Waals surface area contributed by atoms with E-state index in [0.29, 0.717) is 30.7 Å². The number of hydrogen-bond acceptors (Lipinski definition) is 6. The summed E-state index contributed by atoms with van der Waals surface area (Å²) in [5, 5.41) is 19.4. The van der Waals surface area contributed by atoms with E-state index in [0.717, 1.165) is 28.1 Å². The van der Waals surface area contributed by atoms with Gasteiger partial charge in [-0.2, -0.15) is 15.3 Å². The fourth-order valence-corrected chi connectivity index (χ4v) is 3.36. The number of nitrogens with one attached hydrogen (secondary N) is 3. The Morgan fingerprint density at radius 1 is 0.771 bits per heavy atom. The number of hydrazone groups is 1. The third-order valence-corrected chi connectivity index (χ3v) is 4.95. The molecule has 0 aromatic heterocycles. The molecule has 0 bridgehead atoms. The van der Waals surface area contributed by atoms with Crippen LogP contribution in [0.5, 0.6) is 0 Å². The monoisotopic (exact) mass is 470 g/mol. The lowest BCUT2D eigenvalue weighted by molar-refractivity contribution is 0.0955. The predicted molar refractivity (Wildman–Crippen MR) is 144 cm³/mol. The molecule has 0 radical (unpaired) electrons. The molecule has 0 heterocycles. The first-order valence-corrected chi connectivity index (χ1v) is 11.9. The van der Waals surface area contributed by atoms with Crippen molar-refractivity contribution in [3.8, 4) is 0 Å². The van der Waals surface area contributed by atoms with E-state index in [2.05, 4.69) is 83.3 Å². The number of benzene rings is 3. The van der Waals surface area contributed by atoms with Crippen molar-refractivity contribution in [3.63, 3.8) is 0 Å². The fraction of sp³-hybridized carbons (Fsp3) is 0.286. The Bertz CT molecular complexity index is 1130. The summed E-state index contributed by atoms with van der Waals surface area (Å²) in [7, 11) is 0. The van der Waals surface area contributed by atoms with Gasteiger partial charge in [-0.1, -0.05) is 30.3 Å². The van der Waals surface area contributed by atoms with Crippen LogP contribution >= 0.6 is 0 Å². The Labute approximate surface area is 207 Å². The van der Waals surface area contributed by atoms with Crippen LogP contribution in [0.15, 0.2) is 88.1 Å². The molecule has 3 aromatic carbocycles. The van der Waals surface area contributed by atoms with Crippen molar-refractivity contribution in [1.29, 1.82) is 0 Å². The Morgan fingerprint density at radius 2 is 1.34 bits per heavy atom. The van der Waals surface area contributed by atoms with Gasteiger partial charge in [-0.3, -0.25) is 4.79 Å². The molecule has 0 unspecified atom stereocenters. The average molecular weight is 471 g/mol. The lowest BCUT2D eigenvalue weighted by Crippen LogP contribution is -2.17. The molecule has 182 valence electrons. The largest absolute Gasteiger partial charge is 0.383 e. The van der Waals surface area contributed by atoms with Gasteiger partial charge in [-0.25, -0.2) is 5.43 Å². The molecule has 3 rings (SSSR count). The summed E-state index contributed by atoms with van der Waals surface area (Å²) in [6, 6.07) is 24.1. The summed E-state index contributed by atoms with van der Waals surface area (Å²) >= 11 is 0. The van der Waals surface area contributed by atoms with E-state index in [4.69, 9.17) is 0 Å². The molecule has 0 saturated carbocycles. The lowest BCUT2D eigenvalue weighted by atomic mass is 10.1. The molecule has 0 fully saturated rings. The van der Waals surface area contributed by atoms with E-state index in [9.17, 15) is 4.79 Å². The van der Waals surface area contributed by atoms with Gasteiger partial charge in [0.2, 0.25) is 0 Å². The van der Waals surface area contributed by atoms with Gasteiger partial charge in [0.05, 0.1) is 19.3 Å². The third kappa shape index (κ3) is 9.04. The van der Waals surface area contributed by atoms with Crippen molar-refractivity contribution in [2.75, 3.05) is 10.6 Å². The van der Waals surface area contributed by atoms with E-state index in [1.807, 2.05) is 36.4 Å². The van der Waals surface area contributed by atoms with E-state index in [1.54, 1.807) is 18.3 Å². The van der Waals surface area contributed by atoms with Crippen LogP contribution in [0.1, 0.15) is 54.7 Å². The minimum Gasteiger partial charge on any atom is -0.383 e. The quantitative estimate of drug-likeness (QED) is 0.176. The van der Waals surface area contributed by atoms with E-state index < -0.39 is 0 Å². The van der Waals surface area contributed by atoms with Crippen molar-refractivity contribution < 1.29 is 4.79 Å². The highest BCUT2D eigenvalue weighted by Gasteiger charge is 2.04. The van der Waals surface area contributed by atoms with Crippen LogP contribution in [-0.4, -0.2) is 24.2 Å². The molecule has 0 saturated heterocycles. The second-order valence-electron chi connectivity index (χ2n) is 8.92. The highest BCUT2D eigenvalue weighted by atomic mass is 16.2. The van der Waals surface area contributed by atoms with Gasteiger partial charge in [0.1, 0.15) is 0 Å². The fourth-order valence-electron chi connectivity index (χ4n) is 3.36. The third-order valence-electron chi connectivity index (χ3n) is 4.95. The number of anilines is 2. The Kier molecular flexibility index (Phi) is 9.54. The summed E-state index contributed by atoms with van der Waals surface area (Å²) < 4.78 is 0. The first kappa shape index (κ1) is 25.6. The molecule has 3 aromatic rings. The van der Waals surface area contributed by atoms with Crippen molar-refractivity contribution >= 4 is 23.5 Å². The molecule has 3 N–H and O–H groups in total. The van der Waals surface area contributed by atoms with Gasteiger partial charge in [0.25, 0.3) is 5.91 Å². The number of azo groups is 1. The Balaban J connectivity index is 1.47. The maximum Gasteiger partial charge on any atom is 0.271 e.